The van der Waals surface area contributed by atoms with Crippen molar-refractivity contribution >= 4 is 0 Å². The molecule has 1 aliphatic carbocycles. The average molecular weight is 194 g/mol. The molecule has 14 heavy (non-hydrogen) atoms. The Morgan fingerprint density at radius 3 is 2.64 bits per heavy atom. The van der Waals surface area contributed by atoms with E-state index >= 15 is 0 Å². The van der Waals surface area contributed by atoms with Crippen molar-refractivity contribution in [3.63, 3.8) is 0 Å². The maximum Gasteiger partial charge on any atom is 0.0139 e. The number of hydrogen-bond donors (Lipinski definition) is 1. The summed E-state index contributed by atoms with van der Waals surface area (Å²) in [6.45, 7) is 5.36. The van der Waals surface area contributed by atoms with Crippen LogP contribution in [0.25, 0.3) is 0 Å². The fourth-order valence-electron chi connectivity index (χ4n) is 3.82. The molecule has 0 spiro atoms. The quantitative estimate of drug-likeness (QED) is 0.680. The molecule has 2 heterocycles. The number of nitrogens with one attached hydrogen (secondary N) is 1. The molecular formula is C12H22N2. The lowest BCUT2D eigenvalue weighted by atomic mass is 9.95. The van der Waals surface area contributed by atoms with Crippen molar-refractivity contribution in [2.24, 2.45) is 11.8 Å². The lowest BCUT2D eigenvalue weighted by molar-refractivity contribution is 0.132. The molecule has 1 saturated carbocycles. The highest BCUT2D eigenvalue weighted by atomic mass is 15.2. The van der Waals surface area contributed by atoms with Crippen LogP contribution < -0.4 is 5.32 Å². The number of fused-ring (bicyclic) bond motifs is 1. The number of hydrogen-bond acceptors (Lipinski definition) is 2. The van der Waals surface area contributed by atoms with Crippen molar-refractivity contribution in [2.45, 2.75) is 38.1 Å². The standard InChI is InChI=1S/C12H22N2/c1-2-6-14(7-3-1)12-5-4-10-8-13-9-11(10)12/h10-13H,1-9H2/t10-,11+,12-/m1/s1. The van der Waals surface area contributed by atoms with E-state index in [1.807, 2.05) is 0 Å². The predicted octanol–water partition coefficient (Wildman–Crippen LogP) is 1.47. The monoisotopic (exact) mass is 194 g/mol. The molecule has 1 N–H and O–H groups in total. The van der Waals surface area contributed by atoms with E-state index in [9.17, 15) is 0 Å². The minimum atomic E-state index is 0.940. The second-order valence-corrected chi connectivity index (χ2v) is 5.32. The Kier molecular flexibility index (Phi) is 2.50. The van der Waals surface area contributed by atoms with Crippen LogP contribution in [0.15, 0.2) is 0 Å². The van der Waals surface area contributed by atoms with E-state index in [0.717, 1.165) is 17.9 Å². The second-order valence-electron chi connectivity index (χ2n) is 5.32. The summed E-state index contributed by atoms with van der Waals surface area (Å²) in [6, 6.07) is 0.940. The summed E-state index contributed by atoms with van der Waals surface area (Å²) < 4.78 is 0. The summed E-state index contributed by atoms with van der Waals surface area (Å²) in [7, 11) is 0. The Labute approximate surface area is 87.0 Å². The van der Waals surface area contributed by atoms with Gasteiger partial charge in [0.05, 0.1) is 0 Å². The number of rotatable bonds is 1. The summed E-state index contributed by atoms with van der Waals surface area (Å²) in [4.78, 5) is 2.79. The van der Waals surface area contributed by atoms with Crippen molar-refractivity contribution in [3.05, 3.63) is 0 Å². The smallest absolute Gasteiger partial charge is 0.0139 e. The van der Waals surface area contributed by atoms with E-state index < -0.39 is 0 Å². The van der Waals surface area contributed by atoms with E-state index in [1.165, 1.54) is 58.3 Å². The van der Waals surface area contributed by atoms with Gasteiger partial charge in [-0.2, -0.15) is 0 Å². The van der Waals surface area contributed by atoms with Gasteiger partial charge in [-0.3, -0.25) is 0 Å². The second kappa shape index (κ2) is 3.82. The first-order valence-electron chi connectivity index (χ1n) is 6.40. The zero-order valence-electron chi connectivity index (χ0n) is 9.04. The maximum atomic E-state index is 3.57. The third-order valence-corrected chi connectivity index (χ3v) is 4.58. The molecule has 3 atom stereocenters. The van der Waals surface area contributed by atoms with Crippen molar-refractivity contribution < 1.29 is 0 Å². The molecule has 3 aliphatic rings. The van der Waals surface area contributed by atoms with Gasteiger partial charge in [0.15, 0.2) is 0 Å². The predicted molar refractivity (Wildman–Crippen MR) is 58.3 cm³/mol. The van der Waals surface area contributed by atoms with Crippen LogP contribution in [0.2, 0.25) is 0 Å². The first-order valence-corrected chi connectivity index (χ1v) is 6.40. The molecule has 0 aromatic heterocycles. The summed E-state index contributed by atoms with van der Waals surface area (Å²) in [5, 5.41) is 3.57. The zero-order valence-corrected chi connectivity index (χ0v) is 9.04. The Morgan fingerprint density at radius 1 is 0.929 bits per heavy atom. The number of piperidine rings is 1. The molecule has 0 amide bonds. The molecule has 0 bridgehead atoms. The van der Waals surface area contributed by atoms with Gasteiger partial charge < -0.3 is 10.2 Å². The van der Waals surface area contributed by atoms with Crippen LogP contribution in [-0.4, -0.2) is 37.1 Å². The minimum Gasteiger partial charge on any atom is -0.316 e. The molecule has 0 aromatic rings. The van der Waals surface area contributed by atoms with Gasteiger partial charge in [-0.25, -0.2) is 0 Å². The molecule has 0 radical (unpaired) electrons. The van der Waals surface area contributed by atoms with Crippen LogP contribution in [0.4, 0.5) is 0 Å². The zero-order chi connectivity index (χ0) is 9.38. The largest absolute Gasteiger partial charge is 0.316 e. The summed E-state index contributed by atoms with van der Waals surface area (Å²) in [5.74, 6) is 2.01. The van der Waals surface area contributed by atoms with Crippen LogP contribution in [0.3, 0.4) is 0 Å². The maximum absolute atomic E-state index is 3.57. The van der Waals surface area contributed by atoms with Crippen LogP contribution in [0.5, 0.6) is 0 Å². The van der Waals surface area contributed by atoms with Gasteiger partial charge in [-0.05, 0) is 63.7 Å². The Morgan fingerprint density at radius 2 is 1.79 bits per heavy atom. The molecule has 2 aliphatic heterocycles. The van der Waals surface area contributed by atoms with Gasteiger partial charge in [0.25, 0.3) is 0 Å². The normalized spacial score (nSPS) is 44.1. The first-order chi connectivity index (χ1) is 6.95. The topological polar surface area (TPSA) is 15.3 Å². The van der Waals surface area contributed by atoms with Gasteiger partial charge in [-0.15, -0.1) is 0 Å². The molecule has 0 aromatic carbocycles. The van der Waals surface area contributed by atoms with E-state index in [0.29, 0.717) is 0 Å². The lowest BCUT2D eigenvalue weighted by Gasteiger charge is -2.35. The highest BCUT2D eigenvalue weighted by molar-refractivity contribution is 4.97. The lowest BCUT2D eigenvalue weighted by Crippen LogP contribution is -2.42. The SMILES string of the molecule is C1CCN([C@@H]2CC[C@@H]3CNC[C@@H]32)CC1. The fraction of sp³-hybridized carbons (Fsp3) is 1.00. The van der Waals surface area contributed by atoms with Crippen LogP contribution >= 0.6 is 0 Å². The van der Waals surface area contributed by atoms with E-state index in [2.05, 4.69) is 10.2 Å². The molecule has 3 rings (SSSR count). The number of nitrogens with zero attached hydrogens (tertiary/aromatic N) is 1. The number of likely N-dealkylation sites (tertiary alicyclic amines) is 1. The molecule has 3 fully saturated rings. The summed E-state index contributed by atoms with van der Waals surface area (Å²) in [6.07, 6.45) is 7.33. The average Bonchev–Trinajstić information content (AvgIpc) is 2.79. The van der Waals surface area contributed by atoms with Crippen molar-refractivity contribution in [1.82, 2.24) is 10.2 Å². The van der Waals surface area contributed by atoms with Gasteiger partial charge >= 0.3 is 0 Å². The first kappa shape index (κ1) is 9.17. The van der Waals surface area contributed by atoms with Gasteiger partial charge in [-0.1, -0.05) is 6.42 Å². The Hall–Kier alpha value is -0.0800. The van der Waals surface area contributed by atoms with Crippen molar-refractivity contribution in [2.75, 3.05) is 26.2 Å². The Bertz CT molecular complexity index is 198. The Balaban J connectivity index is 1.66. The highest BCUT2D eigenvalue weighted by Crippen LogP contribution is 2.38. The van der Waals surface area contributed by atoms with Gasteiger partial charge in [0.1, 0.15) is 0 Å². The molecule has 80 valence electrons. The van der Waals surface area contributed by atoms with E-state index in [4.69, 9.17) is 0 Å². The molecule has 0 unspecified atom stereocenters. The van der Waals surface area contributed by atoms with Crippen LogP contribution in [0, 0.1) is 11.8 Å². The third kappa shape index (κ3) is 1.49. The van der Waals surface area contributed by atoms with Gasteiger partial charge in [0.2, 0.25) is 0 Å². The minimum absolute atomic E-state index is 0.940. The van der Waals surface area contributed by atoms with Crippen molar-refractivity contribution in [1.29, 1.82) is 0 Å². The summed E-state index contributed by atoms with van der Waals surface area (Å²) >= 11 is 0. The third-order valence-electron chi connectivity index (χ3n) is 4.58. The molecule has 2 heteroatoms. The molecular weight excluding hydrogens is 172 g/mol. The summed E-state index contributed by atoms with van der Waals surface area (Å²) in [5.41, 5.74) is 0. The van der Waals surface area contributed by atoms with Crippen LogP contribution in [0.1, 0.15) is 32.1 Å². The van der Waals surface area contributed by atoms with E-state index in [1.54, 1.807) is 0 Å². The van der Waals surface area contributed by atoms with E-state index in [-0.39, 0.29) is 0 Å². The molecule has 2 saturated heterocycles. The fourth-order valence-corrected chi connectivity index (χ4v) is 3.82. The van der Waals surface area contributed by atoms with Crippen LogP contribution in [-0.2, 0) is 0 Å². The highest BCUT2D eigenvalue weighted by Gasteiger charge is 2.41. The molecule has 2 nitrogen and oxygen atoms in total. The van der Waals surface area contributed by atoms with Crippen molar-refractivity contribution in [3.8, 4) is 0 Å². The van der Waals surface area contributed by atoms with Gasteiger partial charge in [0, 0.05) is 6.04 Å².